The number of carboxylic acids is 1. The number of carbonyl (C=O) groups is 1. The van der Waals surface area contributed by atoms with Crippen LogP contribution >= 0.6 is 0 Å². The molecule has 0 saturated carbocycles. The van der Waals surface area contributed by atoms with Crippen molar-refractivity contribution in [3.8, 4) is 5.69 Å². The first-order chi connectivity index (χ1) is 11.9. The summed E-state index contributed by atoms with van der Waals surface area (Å²) in [6.45, 7) is 3.69. The fraction of sp³-hybridized carbons (Fsp3) is 0.176. The first kappa shape index (κ1) is 16.6. The van der Waals surface area contributed by atoms with Gasteiger partial charge in [0.1, 0.15) is 11.5 Å². The second-order valence-electron chi connectivity index (χ2n) is 5.61. The largest absolute Gasteiger partial charge is 0.477 e. The van der Waals surface area contributed by atoms with Crippen LogP contribution in [0.4, 0.5) is 10.3 Å². The number of aryl methyl sites for hydroxylation is 1. The molecular formula is C17H16FN5O2. The molecule has 0 aliphatic rings. The molecule has 1 aromatic carbocycles. The molecule has 0 aliphatic heterocycles. The first-order valence-corrected chi connectivity index (χ1v) is 7.58. The minimum Gasteiger partial charge on any atom is -0.477 e. The van der Waals surface area contributed by atoms with Gasteiger partial charge in [0.25, 0.3) is 0 Å². The molecule has 0 bridgehead atoms. The van der Waals surface area contributed by atoms with E-state index in [1.54, 1.807) is 24.5 Å². The Kier molecular flexibility index (Phi) is 4.42. The summed E-state index contributed by atoms with van der Waals surface area (Å²) in [4.78, 5) is 18.8. The van der Waals surface area contributed by atoms with Gasteiger partial charge in [0.2, 0.25) is 5.95 Å². The Labute approximate surface area is 143 Å². The number of carboxylic acid groups (broad SMARTS) is 1. The number of nitrogens with one attached hydrogen (secondary N) is 1. The van der Waals surface area contributed by atoms with Gasteiger partial charge in [0.15, 0.2) is 5.69 Å². The maximum atomic E-state index is 14.4. The van der Waals surface area contributed by atoms with Crippen LogP contribution in [0.2, 0.25) is 0 Å². The van der Waals surface area contributed by atoms with E-state index in [-0.39, 0.29) is 17.7 Å². The van der Waals surface area contributed by atoms with Gasteiger partial charge in [-0.15, -0.1) is 0 Å². The number of aromatic nitrogens is 4. The molecule has 1 unspecified atom stereocenters. The quantitative estimate of drug-likeness (QED) is 0.741. The van der Waals surface area contributed by atoms with Crippen LogP contribution in [0.1, 0.15) is 34.6 Å². The zero-order valence-electron chi connectivity index (χ0n) is 13.6. The maximum Gasteiger partial charge on any atom is 0.354 e. The van der Waals surface area contributed by atoms with Gasteiger partial charge in [0, 0.05) is 12.4 Å². The van der Waals surface area contributed by atoms with Crippen LogP contribution in [0.3, 0.4) is 0 Å². The topological polar surface area (TPSA) is 92.9 Å². The van der Waals surface area contributed by atoms with Crippen molar-refractivity contribution in [2.24, 2.45) is 0 Å². The summed E-state index contributed by atoms with van der Waals surface area (Å²) in [6, 6.07) is 5.81. The van der Waals surface area contributed by atoms with Gasteiger partial charge >= 0.3 is 5.97 Å². The Morgan fingerprint density at radius 1 is 1.36 bits per heavy atom. The fourth-order valence-corrected chi connectivity index (χ4v) is 2.35. The van der Waals surface area contributed by atoms with Gasteiger partial charge in [-0.3, -0.25) is 0 Å². The highest BCUT2D eigenvalue weighted by atomic mass is 19.1. The molecule has 0 fully saturated rings. The lowest BCUT2D eigenvalue weighted by atomic mass is 10.1. The second kappa shape index (κ2) is 6.68. The molecule has 2 heterocycles. The Bertz CT molecular complexity index is 925. The van der Waals surface area contributed by atoms with Gasteiger partial charge in [-0.1, -0.05) is 6.07 Å². The Balaban J connectivity index is 1.81. The number of aromatic carboxylic acids is 1. The standard InChI is InChI=1S/C17H16FN5O2/c1-10-8-20-23(9-10)15-4-3-12(7-13(15)18)11(2)21-17-19-6-5-14(22-17)16(24)25/h3-9,11H,1-2H3,(H,24,25)(H,19,21,22). The number of hydrogen-bond acceptors (Lipinski definition) is 5. The maximum absolute atomic E-state index is 14.4. The minimum atomic E-state index is -1.14. The van der Waals surface area contributed by atoms with Crippen molar-refractivity contribution in [3.05, 3.63) is 65.5 Å². The predicted molar refractivity (Wildman–Crippen MR) is 89.3 cm³/mol. The van der Waals surface area contributed by atoms with Crippen LogP contribution in [-0.4, -0.2) is 30.8 Å². The fourth-order valence-electron chi connectivity index (χ4n) is 2.35. The molecule has 7 nitrogen and oxygen atoms in total. The predicted octanol–water partition coefficient (Wildman–Crippen LogP) is 2.98. The third-order valence-electron chi connectivity index (χ3n) is 3.65. The van der Waals surface area contributed by atoms with Crippen molar-refractivity contribution < 1.29 is 14.3 Å². The summed E-state index contributed by atoms with van der Waals surface area (Å²) in [5.41, 5.74) is 1.86. The smallest absolute Gasteiger partial charge is 0.354 e. The molecule has 0 amide bonds. The van der Waals surface area contributed by atoms with Crippen LogP contribution in [0.25, 0.3) is 5.69 Å². The van der Waals surface area contributed by atoms with Crippen molar-refractivity contribution >= 4 is 11.9 Å². The monoisotopic (exact) mass is 341 g/mol. The number of halogens is 1. The summed E-state index contributed by atoms with van der Waals surface area (Å²) in [6.07, 6.45) is 4.75. The van der Waals surface area contributed by atoms with E-state index < -0.39 is 11.8 Å². The van der Waals surface area contributed by atoms with Crippen LogP contribution in [0.5, 0.6) is 0 Å². The molecule has 0 spiro atoms. The summed E-state index contributed by atoms with van der Waals surface area (Å²) in [5, 5.41) is 16.0. The normalized spacial score (nSPS) is 12.0. The van der Waals surface area contributed by atoms with E-state index in [4.69, 9.17) is 5.11 Å². The zero-order valence-corrected chi connectivity index (χ0v) is 13.6. The molecule has 2 aromatic heterocycles. The Morgan fingerprint density at radius 3 is 2.80 bits per heavy atom. The van der Waals surface area contributed by atoms with Gasteiger partial charge in [-0.25, -0.2) is 23.8 Å². The molecule has 0 radical (unpaired) electrons. The Hall–Kier alpha value is -3.29. The van der Waals surface area contributed by atoms with Crippen LogP contribution in [-0.2, 0) is 0 Å². The number of hydrogen-bond donors (Lipinski definition) is 2. The van der Waals surface area contributed by atoms with Gasteiger partial charge in [0.05, 0.1) is 12.2 Å². The number of nitrogens with zero attached hydrogens (tertiary/aromatic N) is 4. The van der Waals surface area contributed by atoms with E-state index in [1.165, 1.54) is 23.0 Å². The van der Waals surface area contributed by atoms with E-state index >= 15 is 0 Å². The van der Waals surface area contributed by atoms with Crippen molar-refractivity contribution in [1.82, 2.24) is 19.7 Å². The number of rotatable bonds is 5. The summed E-state index contributed by atoms with van der Waals surface area (Å²) < 4.78 is 15.9. The molecule has 0 saturated heterocycles. The molecule has 3 aromatic rings. The van der Waals surface area contributed by atoms with Crippen molar-refractivity contribution in [3.63, 3.8) is 0 Å². The third-order valence-corrected chi connectivity index (χ3v) is 3.65. The van der Waals surface area contributed by atoms with Gasteiger partial charge < -0.3 is 10.4 Å². The second-order valence-corrected chi connectivity index (χ2v) is 5.61. The van der Waals surface area contributed by atoms with E-state index in [0.717, 1.165) is 5.56 Å². The molecular weight excluding hydrogens is 325 g/mol. The zero-order chi connectivity index (χ0) is 18.0. The van der Waals surface area contributed by atoms with Crippen molar-refractivity contribution in [2.75, 3.05) is 5.32 Å². The molecule has 0 aliphatic carbocycles. The van der Waals surface area contributed by atoms with E-state index in [1.807, 2.05) is 13.8 Å². The van der Waals surface area contributed by atoms with Crippen LogP contribution < -0.4 is 5.32 Å². The highest BCUT2D eigenvalue weighted by molar-refractivity contribution is 5.85. The lowest BCUT2D eigenvalue weighted by molar-refractivity contribution is 0.0690. The van der Waals surface area contributed by atoms with Gasteiger partial charge in [-0.05, 0) is 43.2 Å². The first-order valence-electron chi connectivity index (χ1n) is 7.58. The Morgan fingerprint density at radius 2 is 2.16 bits per heavy atom. The minimum absolute atomic E-state index is 0.111. The number of anilines is 1. The highest BCUT2D eigenvalue weighted by Gasteiger charge is 2.13. The van der Waals surface area contributed by atoms with E-state index in [9.17, 15) is 9.18 Å². The van der Waals surface area contributed by atoms with E-state index in [2.05, 4.69) is 20.4 Å². The SMILES string of the molecule is Cc1cnn(-c2ccc(C(C)Nc3nccc(C(=O)O)n3)cc2F)c1. The average Bonchev–Trinajstić information content (AvgIpc) is 3.01. The summed E-state index contributed by atoms with van der Waals surface area (Å²) >= 11 is 0. The lowest BCUT2D eigenvalue weighted by Gasteiger charge is -2.15. The molecule has 2 N–H and O–H groups in total. The third kappa shape index (κ3) is 3.63. The highest BCUT2D eigenvalue weighted by Crippen LogP contribution is 2.21. The lowest BCUT2D eigenvalue weighted by Crippen LogP contribution is -2.12. The average molecular weight is 341 g/mol. The van der Waals surface area contributed by atoms with Gasteiger partial charge in [-0.2, -0.15) is 5.10 Å². The molecule has 128 valence electrons. The molecule has 1 atom stereocenters. The van der Waals surface area contributed by atoms with Crippen molar-refractivity contribution in [2.45, 2.75) is 19.9 Å². The summed E-state index contributed by atoms with van der Waals surface area (Å²) in [7, 11) is 0. The number of benzene rings is 1. The van der Waals surface area contributed by atoms with Crippen LogP contribution in [0, 0.1) is 12.7 Å². The molecule has 3 rings (SSSR count). The molecule has 8 heteroatoms. The van der Waals surface area contributed by atoms with E-state index in [0.29, 0.717) is 11.3 Å². The summed E-state index contributed by atoms with van der Waals surface area (Å²) in [5.74, 6) is -1.38. The van der Waals surface area contributed by atoms with Crippen LogP contribution in [0.15, 0.2) is 42.9 Å². The molecule has 25 heavy (non-hydrogen) atoms. The van der Waals surface area contributed by atoms with Crippen molar-refractivity contribution in [1.29, 1.82) is 0 Å².